The summed E-state index contributed by atoms with van der Waals surface area (Å²) in [6.45, 7) is 3.67. The van der Waals surface area contributed by atoms with E-state index in [4.69, 9.17) is 4.74 Å². The second-order valence-electron chi connectivity index (χ2n) is 6.00. The molecule has 1 aliphatic rings. The number of anilines is 1. The van der Waals surface area contributed by atoms with E-state index in [1.165, 1.54) is 27.3 Å². The molecule has 1 amide bonds. The summed E-state index contributed by atoms with van der Waals surface area (Å²) in [5.41, 5.74) is 3.16. The largest absolute Gasteiger partial charge is 0.448 e. The monoisotopic (exact) mass is 343 g/mol. The zero-order chi connectivity index (χ0) is 17.1. The highest BCUT2D eigenvalue weighted by Crippen LogP contribution is 2.31. The van der Waals surface area contributed by atoms with Gasteiger partial charge in [0.15, 0.2) is 6.10 Å². The van der Waals surface area contributed by atoms with Gasteiger partial charge in [0.2, 0.25) is 0 Å². The van der Waals surface area contributed by atoms with Crippen molar-refractivity contribution in [3.8, 4) is 0 Å². The normalized spacial score (nSPS) is 14.1. The molecule has 0 radical (unpaired) electrons. The van der Waals surface area contributed by atoms with Crippen molar-refractivity contribution in [2.75, 3.05) is 5.32 Å². The number of esters is 1. The second-order valence-corrected chi connectivity index (χ2v) is 7.14. The van der Waals surface area contributed by atoms with E-state index in [1.54, 1.807) is 6.92 Å². The number of amides is 1. The second kappa shape index (κ2) is 7.18. The molecule has 3 rings (SSSR count). The van der Waals surface area contributed by atoms with Gasteiger partial charge in [-0.2, -0.15) is 0 Å². The lowest BCUT2D eigenvalue weighted by atomic mass is 10.1. The smallest absolute Gasteiger partial charge is 0.349 e. The van der Waals surface area contributed by atoms with Gasteiger partial charge in [-0.15, -0.1) is 11.3 Å². The average Bonchev–Trinajstić information content (AvgIpc) is 3.17. The number of aryl methyl sites for hydroxylation is 3. The van der Waals surface area contributed by atoms with Gasteiger partial charge in [-0.25, -0.2) is 4.79 Å². The fourth-order valence-corrected chi connectivity index (χ4v) is 3.91. The molecule has 0 bridgehead atoms. The molecule has 0 unspecified atom stereocenters. The molecule has 4 nitrogen and oxygen atoms in total. The van der Waals surface area contributed by atoms with Gasteiger partial charge in [0.1, 0.15) is 4.88 Å². The van der Waals surface area contributed by atoms with E-state index < -0.39 is 12.1 Å². The molecule has 126 valence electrons. The van der Waals surface area contributed by atoms with Gasteiger partial charge in [0.05, 0.1) is 0 Å². The first-order valence-electron chi connectivity index (χ1n) is 8.29. The third-order valence-corrected chi connectivity index (χ3v) is 5.45. The maximum Gasteiger partial charge on any atom is 0.349 e. The lowest BCUT2D eigenvalue weighted by molar-refractivity contribution is -0.123. The number of nitrogens with one attached hydrogen (secondary N) is 1. The van der Waals surface area contributed by atoms with Crippen LogP contribution in [0.4, 0.5) is 5.69 Å². The summed E-state index contributed by atoms with van der Waals surface area (Å²) in [5, 5.41) is 2.78. The molecule has 0 fully saturated rings. The third-order valence-electron chi connectivity index (χ3n) is 4.23. The summed E-state index contributed by atoms with van der Waals surface area (Å²) < 4.78 is 5.31. The Labute approximate surface area is 145 Å². The van der Waals surface area contributed by atoms with E-state index in [0.717, 1.165) is 25.7 Å². The van der Waals surface area contributed by atoms with Crippen LogP contribution in [0, 0.1) is 0 Å². The number of hydrogen-bond donors (Lipinski definition) is 1. The average molecular weight is 343 g/mol. The van der Waals surface area contributed by atoms with Crippen molar-refractivity contribution in [3.63, 3.8) is 0 Å². The molecule has 1 atom stereocenters. The number of carbonyl (C=O) groups is 2. The van der Waals surface area contributed by atoms with Gasteiger partial charge in [-0.3, -0.25) is 4.79 Å². The van der Waals surface area contributed by atoms with Crippen LogP contribution in [0.15, 0.2) is 30.3 Å². The molecule has 2 aromatic rings. The maximum atomic E-state index is 12.2. The van der Waals surface area contributed by atoms with Gasteiger partial charge in [-0.1, -0.05) is 19.1 Å². The predicted molar refractivity (Wildman–Crippen MR) is 95.7 cm³/mol. The van der Waals surface area contributed by atoms with Crippen LogP contribution in [0.1, 0.15) is 45.9 Å². The van der Waals surface area contributed by atoms with Crippen molar-refractivity contribution < 1.29 is 14.3 Å². The van der Waals surface area contributed by atoms with Crippen LogP contribution in [0.2, 0.25) is 0 Å². The van der Waals surface area contributed by atoms with Gasteiger partial charge in [0.25, 0.3) is 5.91 Å². The SMILES string of the molecule is CCc1ccc(NC(=O)[C@@H](C)OC(=O)c2cc3c(s2)CCC3)cc1. The molecule has 0 spiro atoms. The Morgan fingerprint density at radius 2 is 2.00 bits per heavy atom. The fraction of sp³-hybridized carbons (Fsp3) is 0.368. The molecule has 1 N–H and O–H groups in total. The summed E-state index contributed by atoms with van der Waals surface area (Å²) in [6.07, 6.45) is 3.35. The zero-order valence-electron chi connectivity index (χ0n) is 13.9. The van der Waals surface area contributed by atoms with E-state index in [-0.39, 0.29) is 5.91 Å². The summed E-state index contributed by atoms with van der Waals surface area (Å²) >= 11 is 1.49. The Morgan fingerprint density at radius 3 is 2.67 bits per heavy atom. The van der Waals surface area contributed by atoms with Gasteiger partial charge in [-0.05, 0) is 61.9 Å². The third kappa shape index (κ3) is 3.67. The fourth-order valence-electron chi connectivity index (χ4n) is 2.77. The summed E-state index contributed by atoms with van der Waals surface area (Å²) in [4.78, 5) is 26.3. The number of ether oxygens (including phenoxy) is 1. The minimum Gasteiger partial charge on any atom is -0.448 e. The predicted octanol–water partition coefficient (Wildman–Crippen LogP) is 3.98. The van der Waals surface area contributed by atoms with Crippen LogP contribution in [0.3, 0.4) is 0 Å². The van der Waals surface area contributed by atoms with Crippen LogP contribution in [0.5, 0.6) is 0 Å². The molecular weight excluding hydrogens is 322 g/mol. The van der Waals surface area contributed by atoms with Gasteiger partial charge in [0, 0.05) is 10.6 Å². The van der Waals surface area contributed by atoms with E-state index in [2.05, 4.69) is 12.2 Å². The molecule has 0 aliphatic heterocycles. The Kier molecular flexibility index (Phi) is 5.00. The summed E-state index contributed by atoms with van der Waals surface area (Å²) in [5.74, 6) is -0.741. The molecular formula is C19H21NO3S. The number of benzene rings is 1. The van der Waals surface area contributed by atoms with Crippen molar-refractivity contribution in [3.05, 3.63) is 51.2 Å². The summed E-state index contributed by atoms with van der Waals surface area (Å²) in [6, 6.07) is 9.56. The molecule has 0 saturated carbocycles. The number of rotatable bonds is 5. The highest BCUT2D eigenvalue weighted by atomic mass is 32.1. The lowest BCUT2D eigenvalue weighted by Gasteiger charge is -2.13. The Hall–Kier alpha value is -2.14. The quantitative estimate of drug-likeness (QED) is 0.835. The molecule has 1 aliphatic carbocycles. The number of carbonyl (C=O) groups excluding carboxylic acids is 2. The molecule has 1 aromatic heterocycles. The molecule has 1 aromatic carbocycles. The first kappa shape index (κ1) is 16.7. The van der Waals surface area contributed by atoms with Crippen LogP contribution in [-0.4, -0.2) is 18.0 Å². The molecule has 0 saturated heterocycles. The van der Waals surface area contributed by atoms with Gasteiger partial charge >= 0.3 is 5.97 Å². The summed E-state index contributed by atoms with van der Waals surface area (Å²) in [7, 11) is 0. The molecule has 1 heterocycles. The zero-order valence-corrected chi connectivity index (χ0v) is 14.7. The van der Waals surface area contributed by atoms with Crippen LogP contribution < -0.4 is 5.32 Å². The van der Waals surface area contributed by atoms with Crippen LogP contribution in [-0.2, 0) is 28.8 Å². The number of hydrogen-bond acceptors (Lipinski definition) is 4. The highest BCUT2D eigenvalue weighted by molar-refractivity contribution is 7.14. The van der Waals surface area contributed by atoms with Crippen LogP contribution in [0.25, 0.3) is 0 Å². The van der Waals surface area contributed by atoms with E-state index in [9.17, 15) is 9.59 Å². The van der Waals surface area contributed by atoms with Crippen molar-refractivity contribution >= 4 is 28.9 Å². The van der Waals surface area contributed by atoms with E-state index in [0.29, 0.717) is 10.6 Å². The van der Waals surface area contributed by atoms with Crippen LogP contribution >= 0.6 is 11.3 Å². The Bertz CT molecular complexity index is 727. The molecule has 5 heteroatoms. The van der Waals surface area contributed by atoms with Crippen molar-refractivity contribution in [1.29, 1.82) is 0 Å². The highest BCUT2D eigenvalue weighted by Gasteiger charge is 2.23. The minimum atomic E-state index is -0.833. The topological polar surface area (TPSA) is 55.4 Å². The van der Waals surface area contributed by atoms with Crippen molar-refractivity contribution in [2.24, 2.45) is 0 Å². The first-order chi connectivity index (χ1) is 11.6. The number of fused-ring (bicyclic) bond motifs is 1. The standard InChI is InChI=1S/C19H21NO3S/c1-3-13-7-9-15(10-8-13)20-18(21)12(2)23-19(22)17-11-14-5-4-6-16(14)24-17/h7-12H,3-6H2,1-2H3,(H,20,21)/t12-/m1/s1. The maximum absolute atomic E-state index is 12.2. The lowest BCUT2D eigenvalue weighted by Crippen LogP contribution is -2.29. The van der Waals surface area contributed by atoms with Gasteiger partial charge < -0.3 is 10.1 Å². The van der Waals surface area contributed by atoms with E-state index in [1.807, 2.05) is 30.3 Å². The first-order valence-corrected chi connectivity index (χ1v) is 9.11. The van der Waals surface area contributed by atoms with E-state index >= 15 is 0 Å². The molecule has 24 heavy (non-hydrogen) atoms. The minimum absolute atomic E-state index is 0.323. The Balaban J connectivity index is 1.57. The van der Waals surface area contributed by atoms with Crippen molar-refractivity contribution in [1.82, 2.24) is 0 Å². The van der Waals surface area contributed by atoms with Crippen molar-refractivity contribution in [2.45, 2.75) is 45.6 Å². The Morgan fingerprint density at radius 1 is 1.25 bits per heavy atom. The number of thiophene rings is 1.